The Hall–Kier alpha value is -0.770. The summed E-state index contributed by atoms with van der Waals surface area (Å²) in [5, 5.41) is 8.69. The van der Waals surface area contributed by atoms with Gasteiger partial charge in [0.25, 0.3) is 0 Å². The highest BCUT2D eigenvalue weighted by atomic mass is 16.6. The van der Waals surface area contributed by atoms with Crippen molar-refractivity contribution < 1.29 is 14.6 Å². The maximum atomic E-state index is 11.6. The van der Waals surface area contributed by atoms with Gasteiger partial charge in [0.05, 0.1) is 0 Å². The van der Waals surface area contributed by atoms with Gasteiger partial charge in [0.15, 0.2) is 0 Å². The average molecular weight is 217 g/mol. The lowest BCUT2D eigenvalue weighted by molar-refractivity contribution is 0.0224. The zero-order chi connectivity index (χ0) is 12.1. The van der Waals surface area contributed by atoms with Crippen LogP contribution in [0.25, 0.3) is 0 Å². The van der Waals surface area contributed by atoms with E-state index in [9.17, 15) is 4.79 Å². The summed E-state index contributed by atoms with van der Waals surface area (Å²) in [5.41, 5.74) is -0.456. The maximum absolute atomic E-state index is 11.6. The van der Waals surface area contributed by atoms with Gasteiger partial charge in [-0.25, -0.2) is 4.79 Å². The van der Waals surface area contributed by atoms with E-state index in [4.69, 9.17) is 9.84 Å². The fourth-order valence-corrected chi connectivity index (χ4v) is 1.09. The summed E-state index contributed by atoms with van der Waals surface area (Å²) in [6.45, 7) is 7.64. The third kappa shape index (κ3) is 6.33. The summed E-state index contributed by atoms with van der Waals surface area (Å²) in [6, 6.07) is 0.0898. The Morgan fingerprint density at radius 1 is 1.47 bits per heavy atom. The fourth-order valence-electron chi connectivity index (χ4n) is 1.09. The minimum absolute atomic E-state index is 0.0898. The summed E-state index contributed by atoms with van der Waals surface area (Å²) in [4.78, 5) is 13.2. The standard InChI is InChI=1S/C11H23NO3/c1-9(7-6-8-13)12(5)10(14)15-11(2,3)4/h9,13H,6-8H2,1-5H3. The van der Waals surface area contributed by atoms with Gasteiger partial charge in [-0.1, -0.05) is 0 Å². The van der Waals surface area contributed by atoms with Crippen molar-refractivity contribution in [1.29, 1.82) is 0 Å². The lowest BCUT2D eigenvalue weighted by atomic mass is 10.1. The molecule has 0 aliphatic heterocycles. The normalized spacial score (nSPS) is 13.5. The molecule has 4 nitrogen and oxygen atoms in total. The third-order valence-electron chi connectivity index (χ3n) is 2.12. The molecule has 0 bridgehead atoms. The first-order valence-corrected chi connectivity index (χ1v) is 5.34. The number of hydrogen-bond acceptors (Lipinski definition) is 3. The highest BCUT2D eigenvalue weighted by Gasteiger charge is 2.22. The number of ether oxygens (including phenoxy) is 1. The number of carbonyl (C=O) groups is 1. The number of hydrogen-bond donors (Lipinski definition) is 1. The molecule has 0 saturated carbocycles. The van der Waals surface area contributed by atoms with Gasteiger partial charge in [-0.15, -0.1) is 0 Å². The van der Waals surface area contributed by atoms with E-state index >= 15 is 0 Å². The van der Waals surface area contributed by atoms with Gasteiger partial charge >= 0.3 is 6.09 Å². The minimum Gasteiger partial charge on any atom is -0.444 e. The molecule has 0 aromatic heterocycles. The van der Waals surface area contributed by atoms with E-state index in [1.165, 1.54) is 0 Å². The quantitative estimate of drug-likeness (QED) is 0.783. The fraction of sp³-hybridized carbons (Fsp3) is 0.909. The Bertz CT molecular complexity index is 198. The molecule has 0 aliphatic carbocycles. The van der Waals surface area contributed by atoms with Gasteiger partial charge in [0.2, 0.25) is 0 Å². The van der Waals surface area contributed by atoms with Crippen molar-refractivity contribution in [1.82, 2.24) is 4.90 Å². The maximum Gasteiger partial charge on any atom is 0.410 e. The summed E-state index contributed by atoms with van der Waals surface area (Å²) < 4.78 is 5.23. The molecule has 0 heterocycles. The molecule has 0 aromatic rings. The van der Waals surface area contributed by atoms with Crippen LogP contribution in [-0.4, -0.2) is 41.4 Å². The zero-order valence-electron chi connectivity index (χ0n) is 10.4. The van der Waals surface area contributed by atoms with Crippen LogP contribution in [0.1, 0.15) is 40.5 Å². The Labute approximate surface area is 92.2 Å². The molecule has 90 valence electrons. The van der Waals surface area contributed by atoms with Crippen molar-refractivity contribution in [3.05, 3.63) is 0 Å². The number of nitrogens with zero attached hydrogens (tertiary/aromatic N) is 1. The zero-order valence-corrected chi connectivity index (χ0v) is 10.4. The number of aliphatic hydroxyl groups excluding tert-OH is 1. The van der Waals surface area contributed by atoms with Crippen LogP contribution in [-0.2, 0) is 4.74 Å². The first kappa shape index (κ1) is 14.2. The average Bonchev–Trinajstić information content (AvgIpc) is 2.10. The minimum atomic E-state index is -0.456. The van der Waals surface area contributed by atoms with E-state index in [1.54, 1.807) is 11.9 Å². The van der Waals surface area contributed by atoms with Crippen molar-refractivity contribution in [3.8, 4) is 0 Å². The number of amides is 1. The van der Waals surface area contributed by atoms with Crippen LogP contribution in [0, 0.1) is 0 Å². The van der Waals surface area contributed by atoms with E-state index in [1.807, 2.05) is 27.7 Å². The van der Waals surface area contributed by atoms with Crippen molar-refractivity contribution in [2.45, 2.75) is 52.2 Å². The lowest BCUT2D eigenvalue weighted by Gasteiger charge is -2.28. The largest absolute Gasteiger partial charge is 0.444 e. The van der Waals surface area contributed by atoms with Crippen LogP contribution in [0.15, 0.2) is 0 Å². The summed E-state index contributed by atoms with van der Waals surface area (Å²) >= 11 is 0. The van der Waals surface area contributed by atoms with Crippen LogP contribution < -0.4 is 0 Å². The first-order valence-electron chi connectivity index (χ1n) is 5.34. The highest BCUT2D eigenvalue weighted by Crippen LogP contribution is 2.12. The Kier molecular flexibility index (Phi) is 5.65. The van der Waals surface area contributed by atoms with E-state index in [0.29, 0.717) is 6.42 Å². The second-order valence-electron chi connectivity index (χ2n) is 4.81. The summed E-state index contributed by atoms with van der Waals surface area (Å²) in [5.74, 6) is 0. The van der Waals surface area contributed by atoms with Gasteiger partial charge in [-0.2, -0.15) is 0 Å². The first-order chi connectivity index (χ1) is 6.78. The Balaban J connectivity index is 4.08. The number of carbonyl (C=O) groups excluding carboxylic acids is 1. The molecule has 15 heavy (non-hydrogen) atoms. The van der Waals surface area contributed by atoms with Gasteiger partial charge in [-0.05, 0) is 40.5 Å². The highest BCUT2D eigenvalue weighted by molar-refractivity contribution is 5.68. The second-order valence-corrected chi connectivity index (χ2v) is 4.81. The van der Waals surface area contributed by atoms with E-state index in [2.05, 4.69) is 0 Å². The van der Waals surface area contributed by atoms with Crippen molar-refractivity contribution in [2.24, 2.45) is 0 Å². The van der Waals surface area contributed by atoms with E-state index < -0.39 is 5.60 Å². The number of aliphatic hydroxyl groups is 1. The van der Waals surface area contributed by atoms with Gasteiger partial charge in [-0.3, -0.25) is 0 Å². The molecule has 4 heteroatoms. The molecule has 0 fully saturated rings. The molecule has 0 spiro atoms. The molecule has 0 aromatic carbocycles. The predicted octanol–water partition coefficient (Wildman–Crippen LogP) is 2.01. The van der Waals surface area contributed by atoms with Gasteiger partial charge < -0.3 is 14.7 Å². The predicted molar refractivity (Wildman–Crippen MR) is 59.8 cm³/mol. The molecular formula is C11H23NO3. The second kappa shape index (κ2) is 5.95. The topological polar surface area (TPSA) is 49.8 Å². The smallest absolute Gasteiger partial charge is 0.410 e. The third-order valence-corrected chi connectivity index (χ3v) is 2.12. The molecule has 0 radical (unpaired) electrons. The van der Waals surface area contributed by atoms with Crippen molar-refractivity contribution >= 4 is 6.09 Å². The summed E-state index contributed by atoms with van der Waals surface area (Å²) in [7, 11) is 1.72. The van der Waals surface area contributed by atoms with Crippen LogP contribution in [0.2, 0.25) is 0 Å². The van der Waals surface area contributed by atoms with Gasteiger partial charge in [0, 0.05) is 19.7 Å². The molecule has 1 N–H and O–H groups in total. The number of rotatable bonds is 4. The van der Waals surface area contributed by atoms with Crippen LogP contribution >= 0.6 is 0 Å². The molecular weight excluding hydrogens is 194 g/mol. The van der Waals surface area contributed by atoms with Gasteiger partial charge in [0.1, 0.15) is 5.60 Å². The molecule has 1 atom stereocenters. The van der Waals surface area contributed by atoms with Crippen LogP contribution in [0.5, 0.6) is 0 Å². The summed E-state index contributed by atoms with van der Waals surface area (Å²) in [6.07, 6.45) is 1.17. The Morgan fingerprint density at radius 2 is 2.00 bits per heavy atom. The van der Waals surface area contributed by atoms with E-state index in [-0.39, 0.29) is 18.7 Å². The molecule has 0 saturated heterocycles. The molecule has 0 aliphatic rings. The van der Waals surface area contributed by atoms with Crippen molar-refractivity contribution in [2.75, 3.05) is 13.7 Å². The molecule has 1 unspecified atom stereocenters. The van der Waals surface area contributed by atoms with Crippen LogP contribution in [0.3, 0.4) is 0 Å². The Morgan fingerprint density at radius 3 is 2.40 bits per heavy atom. The molecule has 0 rings (SSSR count). The van der Waals surface area contributed by atoms with E-state index in [0.717, 1.165) is 6.42 Å². The monoisotopic (exact) mass is 217 g/mol. The van der Waals surface area contributed by atoms with Crippen molar-refractivity contribution in [3.63, 3.8) is 0 Å². The lowest BCUT2D eigenvalue weighted by Crippen LogP contribution is -2.39. The SMILES string of the molecule is CC(CCCO)N(C)C(=O)OC(C)(C)C. The van der Waals surface area contributed by atoms with Crippen LogP contribution in [0.4, 0.5) is 4.79 Å². The molecule has 1 amide bonds.